The summed E-state index contributed by atoms with van der Waals surface area (Å²) in [6, 6.07) is 31.8. The maximum absolute atomic E-state index is 6.54. The van der Waals surface area contributed by atoms with Crippen LogP contribution in [-0.2, 0) is 14.8 Å². The van der Waals surface area contributed by atoms with E-state index in [1.165, 1.54) is 0 Å². The summed E-state index contributed by atoms with van der Waals surface area (Å²) in [4.78, 5) is 9.96. The Morgan fingerprint density at radius 2 is 1.16 bits per heavy atom. The predicted octanol–water partition coefficient (Wildman–Crippen LogP) is 5.88. The van der Waals surface area contributed by atoms with Crippen LogP contribution in [0, 0.1) is 6.92 Å². The minimum absolute atomic E-state index is 0.473. The molecule has 3 aromatic carbocycles. The molecule has 6 heteroatoms. The van der Waals surface area contributed by atoms with Crippen molar-refractivity contribution in [3.05, 3.63) is 126 Å². The Hall–Kier alpha value is -3.74. The van der Waals surface area contributed by atoms with E-state index < -0.39 is 23.9 Å². The maximum Gasteiger partial charge on any atom is 0.498 e. The summed E-state index contributed by atoms with van der Waals surface area (Å²) in [5, 5.41) is 0. The molecule has 0 atom stereocenters. The van der Waals surface area contributed by atoms with Crippen molar-refractivity contribution in [3.8, 4) is 0 Å². The van der Waals surface area contributed by atoms with Gasteiger partial charge in [0.1, 0.15) is 11.1 Å². The fourth-order valence-electron chi connectivity index (χ4n) is 5.46. The minimum atomic E-state index is -0.714. The highest BCUT2D eigenvalue weighted by Crippen LogP contribution is 2.43. The van der Waals surface area contributed by atoms with Crippen LogP contribution in [0.15, 0.2) is 103 Å². The molecule has 0 N–H and O–H groups in total. The first-order valence-electron chi connectivity index (χ1n) is 13.1. The van der Waals surface area contributed by atoms with Crippen LogP contribution in [0.25, 0.3) is 11.2 Å². The van der Waals surface area contributed by atoms with Crippen molar-refractivity contribution >= 4 is 23.7 Å². The fraction of sp³-hybridized carbons (Fsp3) is 0.250. The van der Waals surface area contributed by atoms with Gasteiger partial charge in [-0.05, 0) is 51.3 Å². The van der Waals surface area contributed by atoms with E-state index in [1.807, 2.05) is 13.1 Å². The van der Waals surface area contributed by atoms with E-state index in [1.54, 1.807) is 0 Å². The van der Waals surface area contributed by atoms with Crippen LogP contribution in [-0.4, -0.2) is 32.9 Å². The number of aromatic nitrogens is 3. The topological polar surface area (TPSA) is 49.2 Å². The first kappa shape index (κ1) is 24.6. The average Bonchev–Trinajstić information content (AvgIpc) is 3.39. The van der Waals surface area contributed by atoms with E-state index in [0.29, 0.717) is 0 Å². The summed E-state index contributed by atoms with van der Waals surface area (Å²) >= 11 is 0. The predicted molar refractivity (Wildman–Crippen MR) is 153 cm³/mol. The maximum atomic E-state index is 6.54. The third-order valence-electron chi connectivity index (χ3n) is 8.09. The second-order valence-electron chi connectivity index (χ2n) is 11.0. The molecule has 6 rings (SSSR count). The van der Waals surface area contributed by atoms with Crippen LogP contribution < -0.4 is 5.46 Å². The molecule has 0 aliphatic carbocycles. The second-order valence-corrected chi connectivity index (χ2v) is 11.0. The fourth-order valence-corrected chi connectivity index (χ4v) is 5.46. The molecule has 2 aromatic heterocycles. The summed E-state index contributed by atoms with van der Waals surface area (Å²) in [7, 11) is -0.570. The third-order valence-corrected chi connectivity index (χ3v) is 8.09. The van der Waals surface area contributed by atoms with Crippen molar-refractivity contribution in [2.45, 2.75) is 51.4 Å². The van der Waals surface area contributed by atoms with Crippen molar-refractivity contribution in [1.82, 2.24) is 14.5 Å². The lowest BCUT2D eigenvalue weighted by atomic mass is 9.76. The Bertz CT molecular complexity index is 1470. The Morgan fingerprint density at radius 1 is 0.711 bits per heavy atom. The molecule has 5 aromatic rings. The van der Waals surface area contributed by atoms with E-state index in [0.717, 1.165) is 39.0 Å². The number of hydrogen-bond acceptors (Lipinski definition) is 4. The van der Waals surface area contributed by atoms with Crippen molar-refractivity contribution in [1.29, 1.82) is 0 Å². The van der Waals surface area contributed by atoms with Crippen LogP contribution in [0.3, 0.4) is 0 Å². The molecule has 0 saturated carbocycles. The first-order chi connectivity index (χ1) is 18.2. The summed E-state index contributed by atoms with van der Waals surface area (Å²) in [5.41, 5.74) is 4.99. The minimum Gasteiger partial charge on any atom is -0.399 e. The smallest absolute Gasteiger partial charge is 0.399 e. The molecule has 1 aliphatic rings. The van der Waals surface area contributed by atoms with Gasteiger partial charge in [0.25, 0.3) is 0 Å². The van der Waals surface area contributed by atoms with Crippen molar-refractivity contribution < 1.29 is 9.31 Å². The number of benzene rings is 3. The molecule has 0 unspecified atom stereocenters. The van der Waals surface area contributed by atoms with Crippen LogP contribution in [0.5, 0.6) is 0 Å². The quantitative estimate of drug-likeness (QED) is 0.223. The van der Waals surface area contributed by atoms with Gasteiger partial charge in [0.15, 0.2) is 5.65 Å². The molecule has 1 fully saturated rings. The van der Waals surface area contributed by atoms with Gasteiger partial charge in [-0.15, -0.1) is 0 Å². The van der Waals surface area contributed by atoms with E-state index in [9.17, 15) is 0 Å². The summed E-state index contributed by atoms with van der Waals surface area (Å²) in [6.07, 6.45) is 3.97. The second kappa shape index (κ2) is 8.93. The highest BCUT2D eigenvalue weighted by molar-refractivity contribution is 6.65. The van der Waals surface area contributed by atoms with Gasteiger partial charge >= 0.3 is 7.12 Å². The monoisotopic (exact) mass is 501 g/mol. The Labute approximate surface area is 224 Å². The highest BCUT2D eigenvalue weighted by Gasteiger charge is 2.53. The molecular formula is C32H32BN3O2. The van der Waals surface area contributed by atoms with Crippen LogP contribution in [0.4, 0.5) is 0 Å². The molecule has 38 heavy (non-hydrogen) atoms. The first-order valence-corrected chi connectivity index (χ1v) is 13.1. The zero-order chi connectivity index (χ0) is 26.5. The van der Waals surface area contributed by atoms with Gasteiger partial charge in [-0.25, -0.2) is 9.97 Å². The molecular weight excluding hydrogens is 469 g/mol. The van der Waals surface area contributed by atoms with Crippen molar-refractivity contribution in [2.24, 2.45) is 0 Å². The molecule has 3 heterocycles. The number of rotatable bonds is 5. The molecule has 0 bridgehead atoms. The average molecular weight is 501 g/mol. The van der Waals surface area contributed by atoms with Crippen molar-refractivity contribution in [3.63, 3.8) is 0 Å². The van der Waals surface area contributed by atoms with Gasteiger partial charge < -0.3 is 13.9 Å². The molecule has 0 radical (unpaired) electrons. The SMILES string of the molecule is Cc1cnc2c(n1)c(B1OC(C)(C)C(C)(C)O1)cn2C(c1ccccc1)(c1ccccc1)c1ccccc1. The molecule has 1 saturated heterocycles. The standard InChI is InChI=1S/C32H32BN3O2/c1-23-21-34-29-28(35-23)27(33-37-30(2,3)31(4,5)38-33)22-36(29)32(24-15-9-6-10-16-24,25-17-11-7-12-18-25)26-19-13-8-14-20-26/h6-22H,1-5H3. The van der Waals surface area contributed by atoms with E-state index in [4.69, 9.17) is 19.3 Å². The van der Waals surface area contributed by atoms with Crippen LogP contribution in [0.1, 0.15) is 50.1 Å². The van der Waals surface area contributed by atoms with Crippen molar-refractivity contribution in [2.75, 3.05) is 0 Å². The zero-order valence-corrected chi connectivity index (χ0v) is 22.6. The Balaban J connectivity index is 1.72. The molecule has 0 spiro atoms. The number of hydrogen-bond donors (Lipinski definition) is 0. The third kappa shape index (κ3) is 3.70. The number of nitrogens with zero attached hydrogens (tertiary/aromatic N) is 3. The molecule has 1 aliphatic heterocycles. The molecule has 0 amide bonds. The summed E-state index contributed by atoms with van der Waals surface area (Å²) in [6.45, 7) is 10.3. The molecule has 5 nitrogen and oxygen atoms in total. The lowest BCUT2D eigenvalue weighted by molar-refractivity contribution is 0.00578. The molecule has 190 valence electrons. The largest absolute Gasteiger partial charge is 0.498 e. The summed E-state index contributed by atoms with van der Waals surface area (Å²) in [5.74, 6) is 0. The lowest BCUT2D eigenvalue weighted by Crippen LogP contribution is -2.41. The van der Waals surface area contributed by atoms with Gasteiger partial charge in [0.2, 0.25) is 0 Å². The van der Waals surface area contributed by atoms with Gasteiger partial charge in [-0.1, -0.05) is 91.0 Å². The normalized spacial score (nSPS) is 16.7. The van der Waals surface area contributed by atoms with Gasteiger partial charge in [0.05, 0.1) is 23.1 Å². The van der Waals surface area contributed by atoms with E-state index >= 15 is 0 Å². The Kier molecular flexibility index (Phi) is 5.78. The van der Waals surface area contributed by atoms with Crippen LogP contribution >= 0.6 is 0 Å². The lowest BCUT2D eigenvalue weighted by Gasteiger charge is -2.38. The van der Waals surface area contributed by atoms with Gasteiger partial charge in [0, 0.05) is 11.7 Å². The van der Waals surface area contributed by atoms with E-state index in [-0.39, 0.29) is 0 Å². The van der Waals surface area contributed by atoms with Crippen LogP contribution in [0.2, 0.25) is 0 Å². The Morgan fingerprint density at radius 3 is 1.61 bits per heavy atom. The van der Waals surface area contributed by atoms with E-state index in [2.05, 4.69) is 129 Å². The summed E-state index contributed by atoms with van der Waals surface area (Å²) < 4.78 is 15.3. The highest BCUT2D eigenvalue weighted by atomic mass is 16.7. The van der Waals surface area contributed by atoms with Gasteiger partial charge in [-0.3, -0.25) is 0 Å². The number of aryl methyl sites for hydroxylation is 1. The van der Waals surface area contributed by atoms with Gasteiger partial charge in [-0.2, -0.15) is 0 Å². The zero-order valence-electron chi connectivity index (χ0n) is 22.6. The number of fused-ring (bicyclic) bond motifs is 1.